The van der Waals surface area contributed by atoms with Crippen molar-refractivity contribution in [3.8, 4) is 0 Å². The molecular weight excluding hydrogens is 436 g/mol. The van der Waals surface area contributed by atoms with Gasteiger partial charge in [-0.1, -0.05) is 0 Å². The second-order valence-electron chi connectivity index (χ2n) is 10.2. The summed E-state index contributed by atoms with van der Waals surface area (Å²) in [5.41, 5.74) is -0.458. The summed E-state index contributed by atoms with van der Waals surface area (Å²) in [5.74, 6) is 0. The normalized spacial score (nSPS) is 25.2. The van der Waals surface area contributed by atoms with E-state index in [0.29, 0.717) is 13.1 Å². The molecule has 11 heteroatoms. The maximum absolute atomic E-state index is 12.0. The van der Waals surface area contributed by atoms with Gasteiger partial charge < -0.3 is 15.4 Å². The van der Waals surface area contributed by atoms with Gasteiger partial charge in [0.15, 0.2) is 0 Å². The molecule has 0 heterocycles. The van der Waals surface area contributed by atoms with Gasteiger partial charge in [-0.2, -0.15) is 0 Å². The first-order chi connectivity index (χ1) is 14.7. The quantitative estimate of drug-likeness (QED) is 0.408. The number of carbonyl (C=O) groups excluding carboxylic acids is 1. The third-order valence-corrected chi connectivity index (χ3v) is 7.62. The van der Waals surface area contributed by atoms with Crippen molar-refractivity contribution in [1.29, 1.82) is 0 Å². The van der Waals surface area contributed by atoms with Crippen molar-refractivity contribution in [2.24, 2.45) is 16.0 Å². The minimum atomic E-state index is -4.02. The number of nitro benzene ring substituents is 1. The van der Waals surface area contributed by atoms with Gasteiger partial charge in [-0.3, -0.25) is 10.1 Å². The highest BCUT2D eigenvalue weighted by Crippen LogP contribution is 2.56. The van der Waals surface area contributed by atoms with Gasteiger partial charge in [-0.25, -0.2) is 18.4 Å². The van der Waals surface area contributed by atoms with E-state index in [1.165, 1.54) is 12.1 Å². The Balaban J connectivity index is 1.60. The van der Waals surface area contributed by atoms with Gasteiger partial charge >= 0.3 is 6.09 Å². The molecule has 32 heavy (non-hydrogen) atoms. The predicted molar refractivity (Wildman–Crippen MR) is 120 cm³/mol. The Morgan fingerprint density at radius 2 is 1.66 bits per heavy atom. The van der Waals surface area contributed by atoms with E-state index in [4.69, 9.17) is 9.88 Å². The van der Waals surface area contributed by atoms with Crippen LogP contribution in [0.4, 0.5) is 16.2 Å². The molecule has 3 saturated carbocycles. The maximum Gasteiger partial charge on any atom is 0.407 e. The number of nitrogens with two attached hydrogens (primary N) is 1. The lowest BCUT2D eigenvalue weighted by molar-refractivity contribution is -0.384. The molecular formula is C21H32N4O6S. The Morgan fingerprint density at radius 3 is 2.12 bits per heavy atom. The SMILES string of the molecule is CC(C)(C)OC(=O)NCC12CCC(CNc3ccc(S(N)(=O)=O)cc3[N+](=O)[O-])(CC1)CC2. The van der Waals surface area contributed by atoms with Crippen LogP contribution in [0.3, 0.4) is 0 Å². The Kier molecular flexibility index (Phi) is 6.45. The van der Waals surface area contributed by atoms with Crippen molar-refractivity contribution in [2.75, 3.05) is 18.4 Å². The number of alkyl carbamates (subject to hydrolysis) is 1. The molecule has 3 aliphatic rings. The maximum atomic E-state index is 12.0. The van der Waals surface area contributed by atoms with Crippen LogP contribution in [0.25, 0.3) is 0 Å². The number of carbonyl (C=O) groups is 1. The summed E-state index contributed by atoms with van der Waals surface area (Å²) in [7, 11) is -4.02. The Hall–Kier alpha value is -2.40. The zero-order valence-electron chi connectivity index (χ0n) is 18.8. The molecule has 0 radical (unpaired) electrons. The highest BCUT2D eigenvalue weighted by molar-refractivity contribution is 7.89. The van der Waals surface area contributed by atoms with Crippen molar-refractivity contribution in [1.82, 2.24) is 5.32 Å². The third-order valence-electron chi connectivity index (χ3n) is 6.71. The van der Waals surface area contributed by atoms with Crippen molar-refractivity contribution in [2.45, 2.75) is 69.8 Å². The Bertz CT molecular complexity index is 978. The van der Waals surface area contributed by atoms with Crippen LogP contribution in [0.1, 0.15) is 59.3 Å². The molecule has 0 spiro atoms. The van der Waals surface area contributed by atoms with Crippen LogP contribution in [0.2, 0.25) is 0 Å². The van der Waals surface area contributed by atoms with Crippen LogP contribution in [0, 0.1) is 20.9 Å². The summed E-state index contributed by atoms with van der Waals surface area (Å²) < 4.78 is 28.4. The van der Waals surface area contributed by atoms with Crippen molar-refractivity contribution >= 4 is 27.5 Å². The Labute approximate surface area is 188 Å². The molecule has 1 aromatic rings. The number of nitrogens with one attached hydrogen (secondary N) is 2. The van der Waals surface area contributed by atoms with Gasteiger partial charge in [0.1, 0.15) is 11.3 Å². The van der Waals surface area contributed by atoms with Gasteiger partial charge in [-0.15, -0.1) is 0 Å². The average Bonchev–Trinajstić information content (AvgIpc) is 2.70. The summed E-state index contributed by atoms with van der Waals surface area (Å²) >= 11 is 0. The number of anilines is 1. The van der Waals surface area contributed by atoms with Gasteiger partial charge in [0.2, 0.25) is 10.0 Å². The second kappa shape index (κ2) is 8.51. The van der Waals surface area contributed by atoms with E-state index in [1.54, 1.807) is 0 Å². The molecule has 10 nitrogen and oxygen atoms in total. The summed E-state index contributed by atoms with van der Waals surface area (Å²) in [6.45, 7) is 6.66. The molecule has 4 rings (SSSR count). The number of sulfonamides is 1. The first kappa shape index (κ1) is 24.2. The molecule has 0 aromatic heterocycles. The van der Waals surface area contributed by atoms with Crippen LogP contribution in [-0.4, -0.2) is 38.1 Å². The molecule has 0 atom stereocenters. The van der Waals surface area contributed by atoms with Crippen LogP contribution in [0.15, 0.2) is 23.1 Å². The van der Waals surface area contributed by atoms with Crippen LogP contribution in [-0.2, 0) is 14.8 Å². The number of amides is 1. The lowest BCUT2D eigenvalue weighted by Crippen LogP contribution is -2.50. The number of nitrogens with zero attached hydrogens (tertiary/aromatic N) is 1. The predicted octanol–water partition coefficient (Wildman–Crippen LogP) is 3.52. The van der Waals surface area contributed by atoms with E-state index >= 15 is 0 Å². The minimum absolute atomic E-state index is 0.0279. The fraction of sp³-hybridized carbons (Fsp3) is 0.667. The lowest BCUT2D eigenvalue weighted by Gasteiger charge is -2.53. The highest BCUT2D eigenvalue weighted by Gasteiger charge is 2.48. The van der Waals surface area contributed by atoms with E-state index in [-0.39, 0.29) is 27.1 Å². The minimum Gasteiger partial charge on any atom is -0.444 e. The number of benzene rings is 1. The molecule has 178 valence electrons. The number of hydrogen-bond acceptors (Lipinski definition) is 7. The molecule has 0 saturated heterocycles. The molecule has 0 aliphatic heterocycles. The number of primary sulfonamides is 1. The van der Waals surface area contributed by atoms with Crippen LogP contribution < -0.4 is 15.8 Å². The molecule has 1 amide bonds. The molecule has 3 fully saturated rings. The summed E-state index contributed by atoms with van der Waals surface area (Å²) in [4.78, 5) is 22.6. The first-order valence-corrected chi connectivity index (χ1v) is 12.3. The number of rotatable bonds is 7. The zero-order valence-corrected chi connectivity index (χ0v) is 19.6. The van der Waals surface area contributed by atoms with E-state index < -0.39 is 26.6 Å². The molecule has 4 N–H and O–H groups in total. The molecule has 2 bridgehead atoms. The Morgan fingerprint density at radius 1 is 1.12 bits per heavy atom. The van der Waals surface area contributed by atoms with E-state index in [2.05, 4.69) is 10.6 Å². The van der Waals surface area contributed by atoms with Gasteiger partial charge in [-0.05, 0) is 82.3 Å². The smallest absolute Gasteiger partial charge is 0.407 e. The fourth-order valence-corrected chi connectivity index (χ4v) is 5.25. The molecule has 3 aliphatic carbocycles. The highest BCUT2D eigenvalue weighted by atomic mass is 32.2. The second-order valence-corrected chi connectivity index (χ2v) is 11.8. The van der Waals surface area contributed by atoms with Crippen molar-refractivity contribution in [3.63, 3.8) is 0 Å². The van der Waals surface area contributed by atoms with Gasteiger partial charge in [0, 0.05) is 19.2 Å². The van der Waals surface area contributed by atoms with E-state index in [1.807, 2.05) is 20.8 Å². The number of ether oxygens (including phenoxy) is 1. The van der Waals surface area contributed by atoms with Gasteiger partial charge in [0.25, 0.3) is 5.69 Å². The summed E-state index contributed by atoms with van der Waals surface area (Å²) in [5, 5.41) is 22.6. The summed E-state index contributed by atoms with van der Waals surface area (Å²) in [6, 6.07) is 3.66. The molecule has 1 aromatic carbocycles. The van der Waals surface area contributed by atoms with Crippen molar-refractivity contribution in [3.05, 3.63) is 28.3 Å². The third kappa shape index (κ3) is 5.69. The van der Waals surface area contributed by atoms with Gasteiger partial charge in [0.05, 0.1) is 9.82 Å². The monoisotopic (exact) mass is 468 g/mol. The van der Waals surface area contributed by atoms with Crippen LogP contribution >= 0.6 is 0 Å². The van der Waals surface area contributed by atoms with Crippen LogP contribution in [0.5, 0.6) is 0 Å². The topological polar surface area (TPSA) is 154 Å². The average molecular weight is 469 g/mol. The fourth-order valence-electron chi connectivity index (χ4n) is 4.72. The van der Waals surface area contributed by atoms with Crippen molar-refractivity contribution < 1.29 is 22.9 Å². The lowest BCUT2D eigenvalue weighted by atomic mass is 9.53. The first-order valence-electron chi connectivity index (χ1n) is 10.7. The number of fused-ring (bicyclic) bond motifs is 3. The number of nitro groups is 1. The number of hydrogen-bond donors (Lipinski definition) is 3. The largest absolute Gasteiger partial charge is 0.444 e. The zero-order chi connectivity index (χ0) is 23.8. The molecule has 0 unspecified atom stereocenters. The standard InChI is InChI=1S/C21H32N4O6S/c1-19(2,3)31-18(26)24-14-21-9-6-20(7-10-21,8-11-21)13-23-16-5-4-15(32(22,29)30)12-17(16)25(27)28/h4-5,12,23H,6-11,13-14H2,1-3H3,(H,24,26)(H2,22,29,30). The van der Waals surface area contributed by atoms with E-state index in [0.717, 1.165) is 44.6 Å². The summed E-state index contributed by atoms with van der Waals surface area (Å²) in [6.07, 6.45) is 5.38. The van der Waals surface area contributed by atoms with E-state index in [9.17, 15) is 23.3 Å².